The quantitative estimate of drug-likeness (QED) is 0.557. The Balaban J connectivity index is 1.65. The Hall–Kier alpha value is -3.16. The fraction of sp³-hybridized carbons (Fsp3) is 0.136. The lowest BCUT2D eigenvalue weighted by molar-refractivity contribution is -0.148. The van der Waals surface area contributed by atoms with Crippen molar-refractivity contribution < 1.29 is 19.4 Å². The topological polar surface area (TPSA) is 88.5 Å². The van der Waals surface area contributed by atoms with Gasteiger partial charge in [0.2, 0.25) is 0 Å². The predicted molar refractivity (Wildman–Crippen MR) is 109 cm³/mol. The number of hydrogen-bond donors (Lipinski definition) is 2. The van der Waals surface area contributed by atoms with Crippen LogP contribution < -0.4 is 5.32 Å². The second kappa shape index (κ2) is 10.4. The zero-order valence-electron chi connectivity index (χ0n) is 15.5. The molecule has 0 aliphatic rings. The lowest BCUT2D eigenvalue weighted by Crippen LogP contribution is -2.44. The van der Waals surface area contributed by atoms with Crippen molar-refractivity contribution in [3.05, 3.63) is 90.1 Å². The lowest BCUT2D eigenvalue weighted by atomic mass is 10.2. The highest BCUT2D eigenvalue weighted by Crippen LogP contribution is 2.28. The van der Waals surface area contributed by atoms with E-state index in [0.717, 1.165) is 10.5 Å². The van der Waals surface area contributed by atoms with Crippen LogP contribution in [-0.2, 0) is 16.1 Å². The second-order valence-electron chi connectivity index (χ2n) is 6.07. The van der Waals surface area contributed by atoms with Gasteiger partial charge in [-0.15, -0.1) is 0 Å². The van der Waals surface area contributed by atoms with Crippen molar-refractivity contribution >= 4 is 23.6 Å². The molecule has 0 fully saturated rings. The van der Waals surface area contributed by atoms with Crippen molar-refractivity contribution in [1.29, 1.82) is 0 Å². The van der Waals surface area contributed by atoms with Crippen LogP contribution in [0.2, 0.25) is 0 Å². The number of esters is 1. The van der Waals surface area contributed by atoms with Crippen LogP contribution in [0.25, 0.3) is 0 Å². The molecular weight excluding hydrogens is 388 g/mol. The summed E-state index contributed by atoms with van der Waals surface area (Å²) < 4.78 is 5.21. The zero-order valence-corrected chi connectivity index (χ0v) is 16.3. The van der Waals surface area contributed by atoms with Crippen molar-refractivity contribution in [1.82, 2.24) is 10.3 Å². The molecule has 0 aliphatic heterocycles. The fourth-order valence-electron chi connectivity index (χ4n) is 2.49. The van der Waals surface area contributed by atoms with E-state index in [4.69, 9.17) is 4.74 Å². The highest BCUT2D eigenvalue weighted by atomic mass is 32.2. The first-order chi connectivity index (χ1) is 14.2. The van der Waals surface area contributed by atoms with Gasteiger partial charge in [0.25, 0.3) is 5.91 Å². The van der Waals surface area contributed by atoms with Gasteiger partial charge < -0.3 is 15.2 Å². The van der Waals surface area contributed by atoms with E-state index in [9.17, 15) is 14.7 Å². The molecule has 0 saturated heterocycles. The molecule has 2 N–H and O–H groups in total. The fourth-order valence-corrected chi connectivity index (χ4v) is 3.39. The summed E-state index contributed by atoms with van der Waals surface area (Å²) in [7, 11) is 0. The minimum Gasteiger partial charge on any atom is -0.459 e. The molecule has 0 spiro atoms. The predicted octanol–water partition coefficient (Wildman–Crippen LogP) is 3.07. The third kappa shape index (κ3) is 5.91. The van der Waals surface area contributed by atoms with Crippen molar-refractivity contribution in [2.24, 2.45) is 0 Å². The summed E-state index contributed by atoms with van der Waals surface area (Å²) in [6.07, 6.45) is 1.60. The third-order valence-electron chi connectivity index (χ3n) is 3.97. The molecule has 0 saturated carbocycles. The van der Waals surface area contributed by atoms with Gasteiger partial charge in [-0.05, 0) is 29.8 Å². The van der Waals surface area contributed by atoms with Crippen LogP contribution in [0.15, 0.2) is 88.9 Å². The van der Waals surface area contributed by atoms with Crippen molar-refractivity contribution in [2.45, 2.75) is 22.6 Å². The number of nitrogens with zero attached hydrogens (tertiary/aromatic N) is 1. The third-order valence-corrected chi connectivity index (χ3v) is 5.00. The number of amides is 1. The largest absolute Gasteiger partial charge is 0.459 e. The normalized spacial score (nSPS) is 11.5. The van der Waals surface area contributed by atoms with Gasteiger partial charge in [0.05, 0.1) is 12.2 Å². The van der Waals surface area contributed by atoms with Crippen LogP contribution in [0.3, 0.4) is 0 Å². The number of aliphatic hydroxyl groups excluding tert-OH is 1. The number of ether oxygens (including phenoxy) is 1. The minimum atomic E-state index is -1.17. The molecule has 6 nitrogen and oxygen atoms in total. The molecule has 1 amide bonds. The Morgan fingerprint density at radius 2 is 1.69 bits per heavy atom. The van der Waals surface area contributed by atoms with E-state index in [-0.39, 0.29) is 6.61 Å². The lowest BCUT2D eigenvalue weighted by Gasteiger charge is -2.16. The van der Waals surface area contributed by atoms with E-state index in [1.165, 1.54) is 11.8 Å². The number of benzene rings is 2. The first-order valence-corrected chi connectivity index (χ1v) is 9.79. The smallest absolute Gasteiger partial charge is 0.331 e. The molecule has 0 bridgehead atoms. The van der Waals surface area contributed by atoms with Crippen LogP contribution in [-0.4, -0.2) is 34.6 Å². The number of pyridine rings is 1. The number of aromatic nitrogens is 1. The van der Waals surface area contributed by atoms with Crippen molar-refractivity contribution in [3.8, 4) is 0 Å². The molecule has 1 heterocycles. The van der Waals surface area contributed by atoms with Gasteiger partial charge in [0.15, 0.2) is 6.04 Å². The summed E-state index contributed by atoms with van der Waals surface area (Å²) in [4.78, 5) is 30.2. The molecule has 0 aliphatic carbocycles. The first kappa shape index (κ1) is 20.6. The van der Waals surface area contributed by atoms with E-state index in [2.05, 4.69) is 10.3 Å². The van der Waals surface area contributed by atoms with E-state index >= 15 is 0 Å². The molecule has 3 aromatic rings. The van der Waals surface area contributed by atoms with Crippen LogP contribution >= 0.6 is 11.8 Å². The number of carbonyl (C=O) groups excluding carboxylic acids is 2. The molecule has 0 radical (unpaired) electrons. The van der Waals surface area contributed by atoms with Gasteiger partial charge in [-0.3, -0.25) is 4.79 Å². The summed E-state index contributed by atoms with van der Waals surface area (Å²) in [6, 6.07) is 20.8. The zero-order chi connectivity index (χ0) is 20.5. The summed E-state index contributed by atoms with van der Waals surface area (Å²) in [5.74, 6) is -1.21. The van der Waals surface area contributed by atoms with Crippen LogP contribution in [0, 0.1) is 0 Å². The number of nitrogens with one attached hydrogen (secondary N) is 1. The van der Waals surface area contributed by atoms with Crippen molar-refractivity contribution in [3.63, 3.8) is 0 Å². The van der Waals surface area contributed by atoms with Crippen LogP contribution in [0.1, 0.15) is 15.9 Å². The molecule has 1 aromatic heterocycles. The molecule has 7 heteroatoms. The summed E-state index contributed by atoms with van der Waals surface area (Å²) in [5.41, 5.74) is 1.13. The van der Waals surface area contributed by atoms with Gasteiger partial charge in [-0.1, -0.05) is 60.3 Å². The molecule has 1 atom stereocenters. The highest BCUT2D eigenvalue weighted by molar-refractivity contribution is 7.99. The molecular formula is C22H20N2O4S. The maximum absolute atomic E-state index is 12.7. The standard InChI is InChI=1S/C22H20N2O4S/c25-14-19(22(27)28-15-16-8-3-1-4-9-16)24-20(26)18-12-7-13-23-21(18)29-17-10-5-2-6-11-17/h1-13,19,25H,14-15H2,(H,24,26)/t19-/m0/s1. The van der Waals surface area contributed by atoms with Gasteiger partial charge in [-0.25, -0.2) is 9.78 Å². The molecule has 0 unspecified atom stereocenters. The van der Waals surface area contributed by atoms with Gasteiger partial charge in [0.1, 0.15) is 11.6 Å². The summed E-state index contributed by atoms with van der Waals surface area (Å²) >= 11 is 1.34. The minimum absolute atomic E-state index is 0.0635. The van der Waals surface area contributed by atoms with Gasteiger partial charge in [0, 0.05) is 11.1 Å². The molecule has 29 heavy (non-hydrogen) atoms. The Bertz CT molecular complexity index is 951. The monoisotopic (exact) mass is 408 g/mol. The second-order valence-corrected chi connectivity index (χ2v) is 7.14. The number of rotatable bonds is 8. The van der Waals surface area contributed by atoms with Crippen LogP contribution in [0.5, 0.6) is 0 Å². The van der Waals surface area contributed by atoms with Crippen molar-refractivity contribution in [2.75, 3.05) is 6.61 Å². The molecule has 2 aromatic carbocycles. The number of aliphatic hydroxyl groups is 1. The first-order valence-electron chi connectivity index (χ1n) is 8.97. The maximum atomic E-state index is 12.7. The maximum Gasteiger partial charge on any atom is 0.331 e. The van der Waals surface area contributed by atoms with Crippen LogP contribution in [0.4, 0.5) is 0 Å². The van der Waals surface area contributed by atoms with Gasteiger partial charge >= 0.3 is 5.97 Å². The van der Waals surface area contributed by atoms with E-state index in [1.54, 1.807) is 18.3 Å². The Kier molecular flexibility index (Phi) is 7.38. The molecule has 3 rings (SSSR count). The Labute approximate surface area is 172 Å². The van der Waals surface area contributed by atoms with E-state index in [1.807, 2.05) is 60.7 Å². The Morgan fingerprint density at radius 1 is 1.00 bits per heavy atom. The highest BCUT2D eigenvalue weighted by Gasteiger charge is 2.24. The summed E-state index contributed by atoms with van der Waals surface area (Å²) in [6.45, 7) is -0.505. The average molecular weight is 408 g/mol. The number of carbonyl (C=O) groups is 2. The SMILES string of the molecule is O=C(N[C@@H](CO)C(=O)OCc1ccccc1)c1cccnc1Sc1ccccc1. The Morgan fingerprint density at radius 3 is 2.38 bits per heavy atom. The average Bonchev–Trinajstić information content (AvgIpc) is 2.77. The van der Waals surface area contributed by atoms with E-state index in [0.29, 0.717) is 10.6 Å². The molecule has 148 valence electrons. The number of hydrogen-bond acceptors (Lipinski definition) is 6. The summed E-state index contributed by atoms with van der Waals surface area (Å²) in [5, 5.41) is 12.6. The van der Waals surface area contributed by atoms with Gasteiger partial charge in [-0.2, -0.15) is 0 Å². The van der Waals surface area contributed by atoms with E-state index < -0.39 is 24.5 Å².